The van der Waals surface area contributed by atoms with E-state index in [4.69, 9.17) is 0 Å². The van der Waals surface area contributed by atoms with Gasteiger partial charge in [-0.15, -0.1) is 0 Å². The number of nitrogens with zero attached hydrogens (tertiary/aromatic N) is 2. The molecule has 0 saturated carbocycles. The van der Waals surface area contributed by atoms with Gasteiger partial charge in [0.25, 0.3) is 5.91 Å². The number of amides is 4. The molecule has 0 aliphatic carbocycles. The SMILES string of the molecule is CC[C@]1(c2ccccc2)NC(=O)N(CN2CCC(C(=O)Nc3ccccc3)CC2)C1=O. The second kappa shape index (κ2) is 8.89. The summed E-state index contributed by atoms with van der Waals surface area (Å²) in [5.74, 6) is -0.260. The standard InChI is InChI=1S/C24H28N4O3/c1-2-24(19-9-5-3-6-10-19)22(30)28(23(31)26-24)17-27-15-13-18(14-16-27)21(29)25-20-11-7-4-8-12-20/h3-12,18H,2,13-17H2,1H3,(H,25,29)(H,26,31)/t24-/m1/s1. The van der Waals surface area contributed by atoms with Crippen molar-refractivity contribution in [3.8, 4) is 0 Å². The normalized spacial score (nSPS) is 22.4. The van der Waals surface area contributed by atoms with Crippen LogP contribution >= 0.6 is 0 Å². The zero-order chi connectivity index (χ0) is 21.8. The van der Waals surface area contributed by atoms with Gasteiger partial charge in [-0.2, -0.15) is 0 Å². The summed E-state index contributed by atoms with van der Waals surface area (Å²) in [4.78, 5) is 41.9. The van der Waals surface area contributed by atoms with E-state index in [1.54, 1.807) is 0 Å². The van der Waals surface area contributed by atoms with Crippen molar-refractivity contribution in [3.05, 3.63) is 66.2 Å². The number of nitrogens with one attached hydrogen (secondary N) is 2. The van der Waals surface area contributed by atoms with Crippen LogP contribution in [0, 0.1) is 5.92 Å². The van der Waals surface area contributed by atoms with Crippen LogP contribution in [0.5, 0.6) is 0 Å². The van der Waals surface area contributed by atoms with Gasteiger partial charge in [0.2, 0.25) is 5.91 Å². The molecule has 0 bridgehead atoms. The molecule has 2 fully saturated rings. The maximum absolute atomic E-state index is 13.3. The molecular formula is C24H28N4O3. The molecule has 1 atom stereocenters. The number of likely N-dealkylation sites (tertiary alicyclic amines) is 1. The fraction of sp³-hybridized carbons (Fsp3) is 0.375. The summed E-state index contributed by atoms with van der Waals surface area (Å²) >= 11 is 0. The Balaban J connectivity index is 1.36. The Morgan fingerprint density at radius 2 is 1.65 bits per heavy atom. The molecule has 0 radical (unpaired) electrons. The molecule has 2 heterocycles. The van der Waals surface area contributed by atoms with Crippen molar-refractivity contribution in [2.75, 3.05) is 25.1 Å². The van der Waals surface area contributed by atoms with Crippen molar-refractivity contribution >= 4 is 23.5 Å². The number of hydrogen-bond donors (Lipinski definition) is 2. The molecule has 162 valence electrons. The highest BCUT2D eigenvalue weighted by Crippen LogP contribution is 2.32. The van der Waals surface area contributed by atoms with E-state index in [0.29, 0.717) is 32.4 Å². The summed E-state index contributed by atoms with van der Waals surface area (Å²) in [6.45, 7) is 3.47. The molecule has 2 aliphatic heterocycles. The second-order valence-corrected chi connectivity index (χ2v) is 8.18. The molecule has 0 unspecified atom stereocenters. The van der Waals surface area contributed by atoms with Gasteiger partial charge in [-0.3, -0.25) is 14.5 Å². The van der Waals surface area contributed by atoms with E-state index in [-0.39, 0.29) is 30.4 Å². The van der Waals surface area contributed by atoms with E-state index in [2.05, 4.69) is 15.5 Å². The average molecular weight is 421 g/mol. The highest BCUT2D eigenvalue weighted by molar-refractivity contribution is 6.07. The number of urea groups is 1. The monoisotopic (exact) mass is 420 g/mol. The Hall–Kier alpha value is -3.19. The molecule has 2 aliphatic rings. The largest absolute Gasteiger partial charge is 0.326 e. The van der Waals surface area contributed by atoms with Crippen LogP contribution in [0.15, 0.2) is 60.7 Å². The number of piperidine rings is 1. The zero-order valence-electron chi connectivity index (χ0n) is 17.7. The van der Waals surface area contributed by atoms with Gasteiger partial charge < -0.3 is 10.6 Å². The molecule has 7 nitrogen and oxygen atoms in total. The van der Waals surface area contributed by atoms with Gasteiger partial charge in [0, 0.05) is 24.7 Å². The average Bonchev–Trinajstić information content (AvgIpc) is 3.06. The fourth-order valence-corrected chi connectivity index (χ4v) is 4.42. The van der Waals surface area contributed by atoms with E-state index in [9.17, 15) is 14.4 Å². The van der Waals surface area contributed by atoms with Crippen LogP contribution in [-0.4, -0.2) is 47.4 Å². The first kappa shape index (κ1) is 21.1. The second-order valence-electron chi connectivity index (χ2n) is 8.18. The van der Waals surface area contributed by atoms with Gasteiger partial charge in [-0.1, -0.05) is 55.5 Å². The van der Waals surface area contributed by atoms with E-state index >= 15 is 0 Å². The first-order chi connectivity index (χ1) is 15.0. The maximum Gasteiger partial charge on any atom is 0.326 e. The van der Waals surface area contributed by atoms with Gasteiger partial charge in [0.1, 0.15) is 5.54 Å². The number of rotatable bonds is 6. The van der Waals surface area contributed by atoms with Gasteiger partial charge in [-0.05, 0) is 37.0 Å². The Labute approximate surface area is 182 Å². The number of hydrogen-bond acceptors (Lipinski definition) is 4. The third-order valence-corrected chi connectivity index (χ3v) is 6.31. The highest BCUT2D eigenvalue weighted by atomic mass is 16.2. The van der Waals surface area contributed by atoms with Crippen LogP contribution in [0.25, 0.3) is 0 Å². The lowest BCUT2D eigenvalue weighted by atomic mass is 9.87. The summed E-state index contributed by atoms with van der Waals surface area (Å²) in [7, 11) is 0. The van der Waals surface area contributed by atoms with Gasteiger partial charge in [0.05, 0.1) is 6.67 Å². The van der Waals surface area contributed by atoms with Crippen molar-refractivity contribution in [1.82, 2.24) is 15.1 Å². The molecule has 2 aromatic carbocycles. The molecule has 4 amide bonds. The van der Waals surface area contributed by atoms with Gasteiger partial charge in [-0.25, -0.2) is 9.69 Å². The number of imide groups is 1. The van der Waals surface area contributed by atoms with E-state index in [1.165, 1.54) is 4.90 Å². The Bertz CT molecular complexity index is 942. The first-order valence-corrected chi connectivity index (χ1v) is 10.8. The quantitative estimate of drug-likeness (QED) is 0.704. The Morgan fingerprint density at radius 3 is 2.26 bits per heavy atom. The van der Waals surface area contributed by atoms with Crippen LogP contribution in [0.1, 0.15) is 31.7 Å². The van der Waals surface area contributed by atoms with Crippen LogP contribution in [-0.2, 0) is 15.1 Å². The van der Waals surface area contributed by atoms with Crippen molar-refractivity contribution in [1.29, 1.82) is 0 Å². The molecule has 2 saturated heterocycles. The molecule has 31 heavy (non-hydrogen) atoms. The summed E-state index contributed by atoms with van der Waals surface area (Å²) in [6.07, 6.45) is 1.87. The van der Waals surface area contributed by atoms with Crippen LogP contribution < -0.4 is 10.6 Å². The first-order valence-electron chi connectivity index (χ1n) is 10.8. The zero-order valence-corrected chi connectivity index (χ0v) is 17.7. The minimum absolute atomic E-state index is 0.0231. The lowest BCUT2D eigenvalue weighted by molar-refractivity contribution is -0.134. The van der Waals surface area contributed by atoms with Crippen molar-refractivity contribution < 1.29 is 14.4 Å². The minimum Gasteiger partial charge on any atom is -0.326 e. The van der Waals surface area contributed by atoms with Crippen LogP contribution in [0.3, 0.4) is 0 Å². The predicted molar refractivity (Wildman–Crippen MR) is 118 cm³/mol. The summed E-state index contributed by atoms with van der Waals surface area (Å²) < 4.78 is 0. The minimum atomic E-state index is -1.01. The number of carbonyl (C=O) groups is 3. The molecular weight excluding hydrogens is 392 g/mol. The predicted octanol–water partition coefficient (Wildman–Crippen LogP) is 3.15. The highest BCUT2D eigenvalue weighted by Gasteiger charge is 2.51. The number of para-hydroxylation sites is 1. The summed E-state index contributed by atoms with van der Waals surface area (Å²) in [5, 5.41) is 5.89. The number of benzene rings is 2. The van der Waals surface area contributed by atoms with E-state index < -0.39 is 5.54 Å². The fourth-order valence-electron chi connectivity index (χ4n) is 4.42. The van der Waals surface area contributed by atoms with Gasteiger partial charge >= 0.3 is 6.03 Å². The Kier molecular flexibility index (Phi) is 6.04. The van der Waals surface area contributed by atoms with Crippen molar-refractivity contribution in [2.24, 2.45) is 5.92 Å². The lowest BCUT2D eigenvalue weighted by Crippen LogP contribution is -2.47. The maximum atomic E-state index is 13.3. The number of carbonyl (C=O) groups excluding carboxylic acids is 3. The third-order valence-electron chi connectivity index (χ3n) is 6.31. The van der Waals surface area contributed by atoms with Crippen molar-refractivity contribution in [2.45, 2.75) is 31.7 Å². The molecule has 2 aromatic rings. The summed E-state index contributed by atoms with van der Waals surface area (Å²) in [6, 6.07) is 18.5. The van der Waals surface area contributed by atoms with Crippen LogP contribution in [0.4, 0.5) is 10.5 Å². The number of anilines is 1. The van der Waals surface area contributed by atoms with E-state index in [0.717, 1.165) is 11.3 Å². The summed E-state index contributed by atoms with van der Waals surface area (Å²) in [5.41, 5.74) is 0.590. The molecule has 7 heteroatoms. The Morgan fingerprint density at radius 1 is 1.03 bits per heavy atom. The topological polar surface area (TPSA) is 81.8 Å². The molecule has 0 spiro atoms. The van der Waals surface area contributed by atoms with Crippen molar-refractivity contribution in [3.63, 3.8) is 0 Å². The molecule has 0 aromatic heterocycles. The van der Waals surface area contributed by atoms with Gasteiger partial charge in [0.15, 0.2) is 0 Å². The smallest absolute Gasteiger partial charge is 0.326 e. The molecule has 2 N–H and O–H groups in total. The van der Waals surface area contributed by atoms with Crippen LogP contribution in [0.2, 0.25) is 0 Å². The van der Waals surface area contributed by atoms with E-state index in [1.807, 2.05) is 67.6 Å². The third kappa shape index (κ3) is 4.18. The lowest BCUT2D eigenvalue weighted by Gasteiger charge is -2.33. The molecule has 4 rings (SSSR count).